The maximum Gasteiger partial charge on any atom is 0.150 e. The summed E-state index contributed by atoms with van der Waals surface area (Å²) in [4.78, 5) is 10.4. The molecular formula is C11H8N2O. The van der Waals surface area contributed by atoms with Crippen molar-refractivity contribution in [3.05, 3.63) is 48.2 Å². The van der Waals surface area contributed by atoms with E-state index >= 15 is 0 Å². The van der Waals surface area contributed by atoms with Crippen molar-refractivity contribution < 1.29 is 4.79 Å². The third kappa shape index (κ3) is 1.66. The summed E-state index contributed by atoms with van der Waals surface area (Å²) in [5.41, 5.74) is 2.44. The minimum absolute atomic E-state index is 0.664. The molecule has 0 aliphatic heterocycles. The molecule has 0 atom stereocenters. The van der Waals surface area contributed by atoms with Gasteiger partial charge in [0.2, 0.25) is 0 Å². The smallest absolute Gasteiger partial charge is 0.150 e. The van der Waals surface area contributed by atoms with Crippen LogP contribution < -0.4 is 0 Å². The van der Waals surface area contributed by atoms with Gasteiger partial charge >= 0.3 is 0 Å². The summed E-state index contributed by atoms with van der Waals surface area (Å²) >= 11 is 0. The first kappa shape index (κ1) is 8.56. The maximum absolute atomic E-state index is 10.4. The van der Waals surface area contributed by atoms with Gasteiger partial charge in [0.15, 0.2) is 0 Å². The van der Waals surface area contributed by atoms with Crippen molar-refractivity contribution in [2.45, 2.75) is 0 Å². The second kappa shape index (κ2) is 3.79. The Balaban J connectivity index is 2.39. The van der Waals surface area contributed by atoms with Gasteiger partial charge in [-0.15, -0.1) is 0 Å². The average Bonchev–Trinajstić information content (AvgIpc) is 2.30. The van der Waals surface area contributed by atoms with E-state index in [4.69, 9.17) is 0 Å². The van der Waals surface area contributed by atoms with Gasteiger partial charge in [0.1, 0.15) is 6.29 Å². The van der Waals surface area contributed by atoms with Crippen LogP contribution in [-0.2, 0) is 0 Å². The largest absolute Gasteiger partial charge is 0.298 e. The Morgan fingerprint density at radius 1 is 1.07 bits per heavy atom. The molecule has 0 aliphatic rings. The fourth-order valence-corrected chi connectivity index (χ4v) is 1.19. The second-order valence-corrected chi connectivity index (χ2v) is 2.85. The molecular weight excluding hydrogens is 176 g/mol. The van der Waals surface area contributed by atoms with Gasteiger partial charge in [0, 0.05) is 17.3 Å². The monoisotopic (exact) mass is 184 g/mol. The highest BCUT2D eigenvalue weighted by atomic mass is 16.1. The molecule has 0 fully saturated rings. The van der Waals surface area contributed by atoms with E-state index in [2.05, 4.69) is 10.2 Å². The van der Waals surface area contributed by atoms with E-state index in [0.29, 0.717) is 5.56 Å². The van der Waals surface area contributed by atoms with Crippen molar-refractivity contribution in [3.63, 3.8) is 0 Å². The van der Waals surface area contributed by atoms with Crippen LogP contribution in [0.4, 0.5) is 0 Å². The average molecular weight is 184 g/mol. The molecule has 3 nitrogen and oxygen atoms in total. The summed E-state index contributed by atoms with van der Waals surface area (Å²) in [6.45, 7) is 0. The molecule has 1 aromatic carbocycles. The van der Waals surface area contributed by atoms with E-state index in [-0.39, 0.29) is 0 Å². The molecule has 1 aromatic heterocycles. The highest BCUT2D eigenvalue weighted by Crippen LogP contribution is 2.15. The SMILES string of the molecule is O=Cc1ccc(-c2cccnn2)cc1. The number of carbonyl (C=O) groups excluding carboxylic acids is 1. The predicted octanol–water partition coefficient (Wildman–Crippen LogP) is 1.96. The Morgan fingerprint density at radius 3 is 2.43 bits per heavy atom. The van der Waals surface area contributed by atoms with Crippen LogP contribution in [-0.4, -0.2) is 16.5 Å². The number of rotatable bonds is 2. The summed E-state index contributed by atoms with van der Waals surface area (Å²) in [7, 11) is 0. The van der Waals surface area contributed by atoms with Gasteiger partial charge in [-0.3, -0.25) is 4.79 Å². The summed E-state index contributed by atoms with van der Waals surface area (Å²) in [6.07, 6.45) is 2.45. The van der Waals surface area contributed by atoms with Crippen LogP contribution in [0.5, 0.6) is 0 Å². The Kier molecular flexibility index (Phi) is 2.32. The topological polar surface area (TPSA) is 42.9 Å². The normalized spacial score (nSPS) is 9.71. The van der Waals surface area contributed by atoms with E-state index < -0.39 is 0 Å². The quantitative estimate of drug-likeness (QED) is 0.670. The van der Waals surface area contributed by atoms with Gasteiger partial charge in [-0.05, 0) is 12.1 Å². The Hall–Kier alpha value is -2.03. The van der Waals surface area contributed by atoms with Crippen molar-refractivity contribution in [2.24, 2.45) is 0 Å². The number of carbonyl (C=O) groups is 1. The summed E-state index contributed by atoms with van der Waals surface area (Å²) in [5.74, 6) is 0. The number of hydrogen-bond donors (Lipinski definition) is 0. The van der Waals surface area contributed by atoms with Crippen LogP contribution in [0, 0.1) is 0 Å². The molecule has 0 N–H and O–H groups in total. The van der Waals surface area contributed by atoms with Crippen molar-refractivity contribution in [1.82, 2.24) is 10.2 Å². The van der Waals surface area contributed by atoms with Crippen LogP contribution in [0.25, 0.3) is 11.3 Å². The van der Waals surface area contributed by atoms with E-state index in [9.17, 15) is 4.79 Å². The Labute approximate surface area is 81.4 Å². The fourth-order valence-electron chi connectivity index (χ4n) is 1.19. The van der Waals surface area contributed by atoms with Crippen LogP contribution in [0.15, 0.2) is 42.6 Å². The van der Waals surface area contributed by atoms with Gasteiger partial charge in [-0.25, -0.2) is 0 Å². The molecule has 0 radical (unpaired) electrons. The molecule has 0 aliphatic carbocycles. The Bertz CT molecular complexity index is 423. The van der Waals surface area contributed by atoms with E-state index in [1.165, 1.54) is 0 Å². The van der Waals surface area contributed by atoms with Gasteiger partial charge < -0.3 is 0 Å². The first-order valence-corrected chi connectivity index (χ1v) is 4.23. The summed E-state index contributed by atoms with van der Waals surface area (Å²) in [6, 6.07) is 10.9. The zero-order valence-electron chi connectivity index (χ0n) is 7.42. The van der Waals surface area contributed by atoms with Crippen molar-refractivity contribution in [3.8, 4) is 11.3 Å². The molecule has 68 valence electrons. The number of aromatic nitrogens is 2. The molecule has 14 heavy (non-hydrogen) atoms. The van der Waals surface area contributed by atoms with Crippen LogP contribution in [0.2, 0.25) is 0 Å². The number of nitrogens with zero attached hydrogens (tertiary/aromatic N) is 2. The zero-order chi connectivity index (χ0) is 9.80. The van der Waals surface area contributed by atoms with Crippen molar-refractivity contribution in [2.75, 3.05) is 0 Å². The molecule has 0 saturated heterocycles. The molecule has 0 saturated carbocycles. The fraction of sp³-hybridized carbons (Fsp3) is 0. The predicted molar refractivity (Wildman–Crippen MR) is 52.9 cm³/mol. The standard InChI is InChI=1S/C11H8N2O/c14-8-9-3-5-10(6-4-9)11-2-1-7-12-13-11/h1-8H. The minimum atomic E-state index is 0.664. The molecule has 0 spiro atoms. The Morgan fingerprint density at radius 2 is 1.86 bits per heavy atom. The highest BCUT2D eigenvalue weighted by Gasteiger charge is 1.97. The third-order valence-electron chi connectivity index (χ3n) is 1.91. The summed E-state index contributed by atoms with van der Waals surface area (Å²) < 4.78 is 0. The first-order valence-electron chi connectivity index (χ1n) is 4.23. The van der Waals surface area contributed by atoms with Gasteiger partial charge in [-0.1, -0.05) is 24.3 Å². The van der Waals surface area contributed by atoms with Crippen LogP contribution >= 0.6 is 0 Å². The van der Waals surface area contributed by atoms with Gasteiger partial charge in [0.05, 0.1) is 5.69 Å². The lowest BCUT2D eigenvalue weighted by molar-refractivity contribution is 0.112. The van der Waals surface area contributed by atoms with Crippen molar-refractivity contribution in [1.29, 1.82) is 0 Å². The molecule has 0 bridgehead atoms. The molecule has 0 amide bonds. The molecule has 2 rings (SSSR count). The lowest BCUT2D eigenvalue weighted by atomic mass is 10.1. The van der Waals surface area contributed by atoms with Crippen LogP contribution in [0.3, 0.4) is 0 Å². The van der Waals surface area contributed by atoms with Crippen molar-refractivity contribution >= 4 is 6.29 Å². The maximum atomic E-state index is 10.4. The highest BCUT2D eigenvalue weighted by molar-refractivity contribution is 5.76. The van der Waals surface area contributed by atoms with Crippen LogP contribution in [0.1, 0.15) is 10.4 Å². The molecule has 1 heterocycles. The molecule has 3 heteroatoms. The summed E-state index contributed by atoms with van der Waals surface area (Å²) in [5, 5.41) is 7.75. The minimum Gasteiger partial charge on any atom is -0.298 e. The lowest BCUT2D eigenvalue weighted by Gasteiger charge is -1.98. The van der Waals surface area contributed by atoms with Gasteiger partial charge in [-0.2, -0.15) is 10.2 Å². The lowest BCUT2D eigenvalue weighted by Crippen LogP contribution is -1.86. The van der Waals surface area contributed by atoms with E-state index in [1.54, 1.807) is 18.3 Å². The molecule has 0 unspecified atom stereocenters. The zero-order valence-corrected chi connectivity index (χ0v) is 7.42. The number of benzene rings is 1. The molecule has 2 aromatic rings. The first-order chi connectivity index (χ1) is 6.90. The van der Waals surface area contributed by atoms with Gasteiger partial charge in [0.25, 0.3) is 0 Å². The number of aldehydes is 1. The second-order valence-electron chi connectivity index (χ2n) is 2.85. The number of hydrogen-bond acceptors (Lipinski definition) is 3. The third-order valence-corrected chi connectivity index (χ3v) is 1.91. The van der Waals surface area contributed by atoms with E-state index in [0.717, 1.165) is 17.5 Å². The van der Waals surface area contributed by atoms with E-state index in [1.807, 2.05) is 24.3 Å².